The lowest BCUT2D eigenvalue weighted by Gasteiger charge is -2.36. The quantitative estimate of drug-likeness (QED) is 0.811. The number of alkyl halides is 4. The highest BCUT2D eigenvalue weighted by Crippen LogP contribution is 2.46. The summed E-state index contributed by atoms with van der Waals surface area (Å²) in [5.41, 5.74) is -0.864. The molecule has 1 amide bonds. The standard InChI is InChI=1S/C17H20F4N2O.ClH/c18-16(6-8-22-9-7-16)11-23(15(24)17(19,20)21)14-10-13(14)12-4-2-1-3-5-12;/h1-5,13-14,22H,6-11H2;1H/t13-,14+;/m0./s1. The normalized spacial score (nSPS) is 25.0. The second-order valence-electron chi connectivity index (χ2n) is 6.65. The van der Waals surface area contributed by atoms with Crippen LogP contribution in [0.5, 0.6) is 0 Å². The molecule has 1 aromatic carbocycles. The summed E-state index contributed by atoms with van der Waals surface area (Å²) in [6.07, 6.45) is -4.29. The summed E-state index contributed by atoms with van der Waals surface area (Å²) >= 11 is 0. The van der Waals surface area contributed by atoms with Gasteiger partial charge in [0.25, 0.3) is 0 Å². The predicted molar refractivity (Wildman–Crippen MR) is 88.5 cm³/mol. The maximum atomic E-state index is 14.9. The highest BCUT2D eigenvalue weighted by atomic mass is 35.5. The molecule has 1 aromatic rings. The number of hydrogen-bond acceptors (Lipinski definition) is 2. The van der Waals surface area contributed by atoms with Crippen LogP contribution in [0.3, 0.4) is 0 Å². The summed E-state index contributed by atoms with van der Waals surface area (Å²) < 4.78 is 53.8. The molecule has 1 N–H and O–H groups in total. The van der Waals surface area contributed by atoms with Crippen molar-refractivity contribution in [2.45, 2.75) is 43.1 Å². The van der Waals surface area contributed by atoms with E-state index in [4.69, 9.17) is 0 Å². The Morgan fingerprint density at radius 3 is 2.36 bits per heavy atom. The summed E-state index contributed by atoms with van der Waals surface area (Å²) in [4.78, 5) is 12.6. The molecule has 2 fully saturated rings. The summed E-state index contributed by atoms with van der Waals surface area (Å²) in [5.74, 6) is -2.08. The number of halogens is 5. The van der Waals surface area contributed by atoms with E-state index in [1.54, 1.807) is 0 Å². The van der Waals surface area contributed by atoms with Crippen LogP contribution in [0.4, 0.5) is 17.6 Å². The van der Waals surface area contributed by atoms with Gasteiger partial charge in [0.05, 0.1) is 6.54 Å². The van der Waals surface area contributed by atoms with Crippen molar-refractivity contribution in [3.05, 3.63) is 35.9 Å². The van der Waals surface area contributed by atoms with Gasteiger partial charge in [0.2, 0.25) is 0 Å². The third-order valence-corrected chi connectivity index (χ3v) is 4.84. The Morgan fingerprint density at radius 2 is 1.80 bits per heavy atom. The summed E-state index contributed by atoms with van der Waals surface area (Å²) in [6.45, 7) is 0.343. The van der Waals surface area contributed by atoms with Gasteiger partial charge in [0, 0.05) is 12.0 Å². The van der Waals surface area contributed by atoms with Crippen LogP contribution in [0.25, 0.3) is 0 Å². The van der Waals surface area contributed by atoms with Crippen LogP contribution in [0.2, 0.25) is 0 Å². The van der Waals surface area contributed by atoms with Crippen molar-refractivity contribution in [1.29, 1.82) is 0 Å². The molecular weight excluding hydrogens is 360 g/mol. The predicted octanol–water partition coefficient (Wildman–Crippen LogP) is 3.45. The average Bonchev–Trinajstić information content (AvgIpc) is 3.33. The second kappa shape index (κ2) is 7.50. The molecule has 0 unspecified atom stereocenters. The molecule has 1 heterocycles. The van der Waals surface area contributed by atoms with E-state index in [1.165, 1.54) is 0 Å². The van der Waals surface area contributed by atoms with E-state index in [-0.39, 0.29) is 31.2 Å². The fourth-order valence-electron chi connectivity index (χ4n) is 3.43. The largest absolute Gasteiger partial charge is 0.471 e. The Bertz CT molecular complexity index is 590. The molecule has 1 aliphatic carbocycles. The van der Waals surface area contributed by atoms with Gasteiger partial charge in [0.15, 0.2) is 0 Å². The zero-order valence-electron chi connectivity index (χ0n) is 13.6. The van der Waals surface area contributed by atoms with Crippen LogP contribution in [0, 0.1) is 0 Å². The van der Waals surface area contributed by atoms with Gasteiger partial charge in [-0.1, -0.05) is 30.3 Å². The molecule has 3 nitrogen and oxygen atoms in total. The molecule has 8 heteroatoms. The number of amides is 1. The number of piperidine rings is 1. The minimum Gasteiger partial charge on any atom is -0.328 e. The first kappa shape index (κ1) is 20.0. The highest BCUT2D eigenvalue weighted by molar-refractivity contribution is 5.85. The monoisotopic (exact) mass is 380 g/mol. The molecule has 0 bridgehead atoms. The molecule has 1 aliphatic heterocycles. The molecule has 2 atom stereocenters. The van der Waals surface area contributed by atoms with Crippen LogP contribution < -0.4 is 5.32 Å². The van der Waals surface area contributed by atoms with Crippen molar-refractivity contribution in [3.8, 4) is 0 Å². The van der Waals surface area contributed by atoms with Crippen molar-refractivity contribution in [1.82, 2.24) is 10.2 Å². The Kier molecular flexibility index (Phi) is 5.99. The van der Waals surface area contributed by atoms with Gasteiger partial charge < -0.3 is 10.2 Å². The Hall–Kier alpha value is -1.34. The van der Waals surface area contributed by atoms with Gasteiger partial charge in [-0.25, -0.2) is 4.39 Å². The maximum absolute atomic E-state index is 14.9. The summed E-state index contributed by atoms with van der Waals surface area (Å²) in [6, 6.07) is 8.52. The Balaban J connectivity index is 0.00000225. The number of benzene rings is 1. The van der Waals surface area contributed by atoms with E-state index in [2.05, 4.69) is 5.32 Å². The molecule has 0 radical (unpaired) electrons. The van der Waals surface area contributed by atoms with Gasteiger partial charge >= 0.3 is 12.1 Å². The van der Waals surface area contributed by atoms with Gasteiger partial charge in [-0.3, -0.25) is 4.79 Å². The van der Waals surface area contributed by atoms with Crippen LogP contribution in [0.15, 0.2) is 30.3 Å². The second-order valence-corrected chi connectivity index (χ2v) is 6.65. The summed E-state index contributed by atoms with van der Waals surface area (Å²) in [7, 11) is 0. The van der Waals surface area contributed by atoms with Gasteiger partial charge in [-0.2, -0.15) is 13.2 Å². The van der Waals surface area contributed by atoms with E-state index in [9.17, 15) is 22.4 Å². The van der Waals surface area contributed by atoms with Crippen molar-refractivity contribution in [3.63, 3.8) is 0 Å². The number of carbonyl (C=O) groups excluding carboxylic acids is 1. The number of nitrogens with one attached hydrogen (secondary N) is 1. The topological polar surface area (TPSA) is 32.3 Å². The lowest BCUT2D eigenvalue weighted by molar-refractivity contribution is -0.188. The van der Waals surface area contributed by atoms with Crippen molar-refractivity contribution < 1.29 is 22.4 Å². The third kappa shape index (κ3) is 4.64. The van der Waals surface area contributed by atoms with E-state index in [1.807, 2.05) is 30.3 Å². The highest BCUT2D eigenvalue weighted by Gasteiger charge is 2.54. The number of nitrogens with zero attached hydrogens (tertiary/aromatic N) is 1. The lowest BCUT2D eigenvalue weighted by Crippen LogP contribution is -2.52. The maximum Gasteiger partial charge on any atom is 0.471 e. The minimum atomic E-state index is -4.98. The molecular formula is C17H21ClF4N2O. The minimum absolute atomic E-state index is 0. The molecule has 0 spiro atoms. The molecule has 1 saturated carbocycles. The van der Waals surface area contributed by atoms with Gasteiger partial charge in [-0.15, -0.1) is 12.4 Å². The molecule has 3 rings (SSSR count). The Labute approximate surface area is 150 Å². The molecule has 2 aliphatic rings. The van der Waals surface area contributed by atoms with E-state index >= 15 is 0 Å². The average molecular weight is 381 g/mol. The number of rotatable bonds is 4. The van der Waals surface area contributed by atoms with Crippen molar-refractivity contribution >= 4 is 18.3 Å². The van der Waals surface area contributed by atoms with Crippen LogP contribution in [0.1, 0.15) is 30.7 Å². The van der Waals surface area contributed by atoms with E-state index in [0.29, 0.717) is 19.5 Å². The first-order chi connectivity index (χ1) is 11.3. The van der Waals surface area contributed by atoms with E-state index in [0.717, 1.165) is 10.5 Å². The van der Waals surface area contributed by atoms with E-state index < -0.39 is 30.3 Å². The zero-order chi connectivity index (χ0) is 17.4. The van der Waals surface area contributed by atoms with Crippen molar-refractivity contribution in [2.75, 3.05) is 19.6 Å². The van der Waals surface area contributed by atoms with Gasteiger partial charge in [0.1, 0.15) is 5.67 Å². The zero-order valence-corrected chi connectivity index (χ0v) is 14.4. The Morgan fingerprint density at radius 1 is 1.20 bits per heavy atom. The first-order valence-electron chi connectivity index (χ1n) is 8.13. The molecule has 1 saturated heterocycles. The number of carbonyl (C=O) groups is 1. The van der Waals surface area contributed by atoms with Crippen LogP contribution in [-0.2, 0) is 4.79 Å². The van der Waals surface area contributed by atoms with Crippen molar-refractivity contribution in [2.24, 2.45) is 0 Å². The lowest BCUT2D eigenvalue weighted by atomic mass is 9.93. The van der Waals surface area contributed by atoms with Gasteiger partial charge in [-0.05, 0) is 37.9 Å². The third-order valence-electron chi connectivity index (χ3n) is 4.84. The molecule has 25 heavy (non-hydrogen) atoms. The van der Waals surface area contributed by atoms with Crippen LogP contribution in [-0.4, -0.2) is 48.3 Å². The number of hydrogen-bond donors (Lipinski definition) is 1. The molecule has 0 aromatic heterocycles. The van der Waals surface area contributed by atoms with Crippen LogP contribution >= 0.6 is 12.4 Å². The molecule has 140 valence electrons. The fraction of sp³-hybridized carbons (Fsp3) is 0.588. The summed E-state index contributed by atoms with van der Waals surface area (Å²) in [5, 5.41) is 2.99. The smallest absolute Gasteiger partial charge is 0.328 e. The fourth-order valence-corrected chi connectivity index (χ4v) is 3.43. The first-order valence-corrected chi connectivity index (χ1v) is 8.13. The SMILES string of the molecule is Cl.O=C(N(CC1(F)CCNCC1)[C@@H]1C[C@H]1c1ccccc1)C(F)(F)F.